The fourth-order valence-corrected chi connectivity index (χ4v) is 2.99. The highest BCUT2D eigenvalue weighted by molar-refractivity contribution is 6.03. The van der Waals surface area contributed by atoms with Crippen molar-refractivity contribution in [3.05, 3.63) is 54.1 Å². The molecule has 1 atom stereocenters. The maximum atomic E-state index is 12.5. The Morgan fingerprint density at radius 3 is 2.63 bits per heavy atom. The first-order valence-electron chi connectivity index (χ1n) is 8.63. The second-order valence-corrected chi connectivity index (χ2v) is 6.19. The molecule has 7 heteroatoms. The van der Waals surface area contributed by atoms with Crippen molar-refractivity contribution in [3.63, 3.8) is 0 Å². The maximum absolute atomic E-state index is 12.5. The van der Waals surface area contributed by atoms with E-state index in [9.17, 15) is 19.5 Å². The van der Waals surface area contributed by atoms with Crippen molar-refractivity contribution in [2.75, 3.05) is 23.4 Å². The molecule has 0 radical (unpaired) electrons. The first-order valence-corrected chi connectivity index (χ1v) is 8.63. The molecule has 0 spiro atoms. The number of carboxylic acid groups (broad SMARTS) is 1. The van der Waals surface area contributed by atoms with Crippen LogP contribution in [0.25, 0.3) is 0 Å². The molecule has 1 aliphatic heterocycles. The lowest BCUT2D eigenvalue weighted by Crippen LogP contribution is -2.28. The van der Waals surface area contributed by atoms with Crippen LogP contribution in [0.3, 0.4) is 0 Å². The molecule has 0 saturated carbocycles. The van der Waals surface area contributed by atoms with E-state index in [0.717, 1.165) is 5.75 Å². The number of hydrogen-bond acceptors (Lipinski definition) is 5. The minimum absolute atomic E-state index is 0.0219. The zero-order valence-corrected chi connectivity index (χ0v) is 14.8. The molecule has 0 aliphatic carbocycles. The van der Waals surface area contributed by atoms with Gasteiger partial charge in [0.25, 0.3) is 0 Å². The molecule has 7 nitrogen and oxygen atoms in total. The van der Waals surface area contributed by atoms with Gasteiger partial charge in [0.2, 0.25) is 11.8 Å². The Balaban J connectivity index is 1.66. The summed E-state index contributed by atoms with van der Waals surface area (Å²) in [5.74, 6) is -1.58. The highest BCUT2D eigenvalue weighted by Crippen LogP contribution is 2.27. The third-order valence-corrected chi connectivity index (χ3v) is 4.32. The summed E-state index contributed by atoms with van der Waals surface area (Å²) < 4.78 is 5.39. The minimum atomic E-state index is -1.32. The van der Waals surface area contributed by atoms with Crippen LogP contribution < -0.4 is 20.1 Å². The van der Waals surface area contributed by atoms with Crippen LogP contribution in [0.5, 0.6) is 5.75 Å². The van der Waals surface area contributed by atoms with Crippen LogP contribution in [0.1, 0.15) is 23.7 Å². The topological polar surface area (TPSA) is 98.8 Å². The summed E-state index contributed by atoms with van der Waals surface area (Å²) in [6.07, 6.45) is 0.0964. The lowest BCUT2D eigenvalue weighted by molar-refractivity contribution is -0.255. The summed E-state index contributed by atoms with van der Waals surface area (Å²) in [6, 6.07) is 13.0. The minimum Gasteiger partial charge on any atom is -0.545 e. The first kappa shape index (κ1) is 18.4. The van der Waals surface area contributed by atoms with E-state index in [1.165, 1.54) is 18.2 Å². The average molecular weight is 367 g/mol. The molecular formula is C20H19N2O5-. The van der Waals surface area contributed by atoms with Crippen molar-refractivity contribution >= 4 is 29.2 Å². The van der Waals surface area contributed by atoms with Gasteiger partial charge in [0.05, 0.1) is 18.5 Å². The average Bonchev–Trinajstić information content (AvgIpc) is 3.05. The number of carboxylic acids is 1. The summed E-state index contributed by atoms with van der Waals surface area (Å²) in [6.45, 7) is 2.71. The molecule has 1 heterocycles. The summed E-state index contributed by atoms with van der Waals surface area (Å²) in [7, 11) is 0. The zero-order valence-electron chi connectivity index (χ0n) is 14.8. The van der Waals surface area contributed by atoms with Crippen LogP contribution >= 0.6 is 0 Å². The van der Waals surface area contributed by atoms with Crippen LogP contribution in [0.4, 0.5) is 11.4 Å². The highest BCUT2D eigenvalue weighted by Gasteiger charge is 2.35. The van der Waals surface area contributed by atoms with Crippen LogP contribution in [-0.2, 0) is 9.59 Å². The number of benzene rings is 2. The Morgan fingerprint density at radius 1 is 1.22 bits per heavy atom. The normalized spacial score (nSPS) is 16.3. The Bertz CT molecular complexity index is 863. The van der Waals surface area contributed by atoms with Crippen LogP contribution in [0.2, 0.25) is 0 Å². The van der Waals surface area contributed by atoms with Gasteiger partial charge < -0.3 is 24.9 Å². The van der Waals surface area contributed by atoms with Gasteiger partial charge in [-0.25, -0.2) is 0 Å². The Kier molecular flexibility index (Phi) is 5.40. The standard InChI is InChI=1S/C20H20N2O5/c1-2-27-17-8-6-16(7-9-17)22-12-14(11-18(22)23)19(24)21-15-5-3-4-13(10-15)20(25)26/h3-10,14H,2,11-12H2,1H3,(H,21,24)(H,25,26)/p-1/t14-/m0/s1. The van der Waals surface area contributed by atoms with E-state index in [0.29, 0.717) is 18.0 Å². The van der Waals surface area contributed by atoms with Gasteiger partial charge >= 0.3 is 0 Å². The Labute approximate surface area is 156 Å². The molecule has 27 heavy (non-hydrogen) atoms. The summed E-state index contributed by atoms with van der Waals surface area (Å²) in [5.41, 5.74) is 1.04. The van der Waals surface area contributed by atoms with Crippen molar-refractivity contribution in [2.24, 2.45) is 5.92 Å². The number of carbonyl (C=O) groups is 3. The van der Waals surface area contributed by atoms with Gasteiger partial charge in [0.1, 0.15) is 5.75 Å². The molecule has 1 N–H and O–H groups in total. The molecule has 1 fully saturated rings. The summed E-state index contributed by atoms with van der Waals surface area (Å²) in [5, 5.41) is 13.6. The summed E-state index contributed by atoms with van der Waals surface area (Å²) in [4.78, 5) is 37.3. The predicted octanol–water partition coefficient (Wildman–Crippen LogP) is 1.44. The van der Waals surface area contributed by atoms with Gasteiger partial charge in [-0.1, -0.05) is 12.1 Å². The number of carbonyl (C=O) groups excluding carboxylic acids is 3. The largest absolute Gasteiger partial charge is 0.545 e. The molecule has 1 aliphatic rings. The molecule has 0 aromatic heterocycles. The molecule has 1 saturated heterocycles. The smallest absolute Gasteiger partial charge is 0.229 e. The molecule has 2 aromatic carbocycles. The number of hydrogen-bond donors (Lipinski definition) is 1. The van der Waals surface area contributed by atoms with E-state index in [4.69, 9.17) is 4.74 Å². The number of ether oxygens (including phenoxy) is 1. The monoisotopic (exact) mass is 367 g/mol. The second-order valence-electron chi connectivity index (χ2n) is 6.19. The summed E-state index contributed by atoms with van der Waals surface area (Å²) >= 11 is 0. The first-order chi connectivity index (χ1) is 13.0. The quantitative estimate of drug-likeness (QED) is 0.833. The lowest BCUT2D eigenvalue weighted by atomic mass is 10.1. The van der Waals surface area contributed by atoms with Crippen molar-refractivity contribution < 1.29 is 24.2 Å². The lowest BCUT2D eigenvalue weighted by Gasteiger charge is -2.17. The van der Waals surface area contributed by atoms with Crippen molar-refractivity contribution in [1.82, 2.24) is 0 Å². The number of anilines is 2. The molecule has 140 valence electrons. The van der Waals surface area contributed by atoms with Crippen molar-refractivity contribution in [1.29, 1.82) is 0 Å². The van der Waals surface area contributed by atoms with E-state index >= 15 is 0 Å². The third kappa shape index (κ3) is 4.25. The van der Waals surface area contributed by atoms with Gasteiger partial charge in [-0.05, 0) is 48.9 Å². The number of aromatic carboxylic acids is 1. The fraction of sp³-hybridized carbons (Fsp3) is 0.250. The van der Waals surface area contributed by atoms with Gasteiger partial charge in [-0.3, -0.25) is 9.59 Å². The van der Waals surface area contributed by atoms with E-state index in [1.54, 1.807) is 35.2 Å². The number of nitrogens with one attached hydrogen (secondary N) is 1. The van der Waals surface area contributed by atoms with Gasteiger partial charge in [-0.2, -0.15) is 0 Å². The van der Waals surface area contributed by atoms with E-state index in [2.05, 4.69) is 5.32 Å². The van der Waals surface area contributed by atoms with E-state index in [1.807, 2.05) is 6.92 Å². The molecule has 3 rings (SSSR count). The Hall–Kier alpha value is -3.35. The second kappa shape index (κ2) is 7.90. The van der Waals surface area contributed by atoms with Crippen LogP contribution in [0.15, 0.2) is 48.5 Å². The van der Waals surface area contributed by atoms with Gasteiger partial charge in [0.15, 0.2) is 0 Å². The number of rotatable bonds is 6. The molecule has 2 aromatic rings. The molecule has 0 unspecified atom stereocenters. The van der Waals surface area contributed by atoms with Crippen molar-refractivity contribution in [3.8, 4) is 5.75 Å². The molecular weight excluding hydrogens is 348 g/mol. The zero-order chi connectivity index (χ0) is 19.4. The SMILES string of the molecule is CCOc1ccc(N2C[C@@H](C(=O)Nc3cccc(C(=O)[O-])c3)CC2=O)cc1. The maximum Gasteiger partial charge on any atom is 0.229 e. The van der Waals surface area contributed by atoms with Gasteiger partial charge in [0, 0.05) is 24.3 Å². The molecule has 2 amide bonds. The number of nitrogens with zero attached hydrogens (tertiary/aromatic N) is 1. The van der Waals surface area contributed by atoms with E-state index in [-0.39, 0.29) is 30.3 Å². The van der Waals surface area contributed by atoms with Crippen LogP contribution in [-0.4, -0.2) is 30.9 Å². The Morgan fingerprint density at radius 2 is 1.96 bits per heavy atom. The highest BCUT2D eigenvalue weighted by atomic mass is 16.5. The fourth-order valence-electron chi connectivity index (χ4n) is 2.99. The molecule has 0 bridgehead atoms. The van der Waals surface area contributed by atoms with Crippen LogP contribution in [0, 0.1) is 5.92 Å². The van der Waals surface area contributed by atoms with Crippen molar-refractivity contribution in [2.45, 2.75) is 13.3 Å². The van der Waals surface area contributed by atoms with E-state index < -0.39 is 11.9 Å². The number of amides is 2. The third-order valence-electron chi connectivity index (χ3n) is 4.32. The van der Waals surface area contributed by atoms with Gasteiger partial charge in [-0.15, -0.1) is 0 Å². The predicted molar refractivity (Wildman–Crippen MR) is 97.5 cm³/mol.